The Morgan fingerprint density at radius 3 is 2.50 bits per heavy atom. The monoisotopic (exact) mass is 326 g/mol. The third-order valence-electron chi connectivity index (χ3n) is 5.31. The van der Waals surface area contributed by atoms with Gasteiger partial charge in [-0.25, -0.2) is 0 Å². The van der Waals surface area contributed by atoms with Gasteiger partial charge in [-0.2, -0.15) is 5.10 Å². The Kier molecular flexibility index (Phi) is 4.12. The van der Waals surface area contributed by atoms with E-state index in [4.69, 9.17) is 0 Å². The number of carbonyl (C=O) groups excluding carboxylic acids is 1. The number of aromatic nitrogens is 2. The van der Waals surface area contributed by atoms with Gasteiger partial charge in [-0.1, -0.05) is 38.1 Å². The van der Waals surface area contributed by atoms with Gasteiger partial charge in [0.25, 0.3) is 0 Å². The van der Waals surface area contributed by atoms with Crippen molar-refractivity contribution in [2.45, 2.75) is 58.5 Å². The summed E-state index contributed by atoms with van der Waals surface area (Å²) in [5.41, 5.74) is 4.15. The largest absolute Gasteiger partial charge is 0.389 e. The van der Waals surface area contributed by atoms with E-state index in [-0.39, 0.29) is 11.7 Å². The molecule has 0 spiro atoms. The fourth-order valence-electron chi connectivity index (χ4n) is 4.13. The van der Waals surface area contributed by atoms with Crippen LogP contribution in [0.5, 0.6) is 0 Å². The first kappa shape index (κ1) is 16.9. The zero-order valence-electron chi connectivity index (χ0n) is 15.1. The molecule has 0 radical (unpaired) electrons. The van der Waals surface area contributed by atoms with Crippen LogP contribution < -0.4 is 0 Å². The molecule has 3 unspecified atom stereocenters. The molecule has 0 bridgehead atoms. The molecule has 0 amide bonds. The average Bonchev–Trinajstić information content (AvgIpc) is 2.85. The summed E-state index contributed by atoms with van der Waals surface area (Å²) in [6, 6.07) is 8.42. The van der Waals surface area contributed by atoms with Crippen LogP contribution in [0.15, 0.2) is 24.3 Å². The van der Waals surface area contributed by atoms with Gasteiger partial charge in [0.15, 0.2) is 0 Å². The predicted molar refractivity (Wildman–Crippen MR) is 94.2 cm³/mol. The molecule has 1 aromatic heterocycles. The first-order valence-electron chi connectivity index (χ1n) is 8.58. The summed E-state index contributed by atoms with van der Waals surface area (Å²) in [7, 11) is 0. The number of ketones is 1. The third-order valence-corrected chi connectivity index (χ3v) is 5.31. The number of rotatable bonds is 3. The van der Waals surface area contributed by atoms with E-state index in [2.05, 4.69) is 48.3 Å². The van der Waals surface area contributed by atoms with Gasteiger partial charge in [0.2, 0.25) is 0 Å². The number of Topliss-reactive ketones (excluding diaryl/α,β-unsaturated/α-hetero) is 1. The molecule has 0 saturated heterocycles. The molecule has 3 atom stereocenters. The van der Waals surface area contributed by atoms with Gasteiger partial charge < -0.3 is 5.11 Å². The third kappa shape index (κ3) is 2.69. The molecule has 128 valence electrons. The molecule has 4 nitrogen and oxygen atoms in total. The van der Waals surface area contributed by atoms with Crippen LogP contribution >= 0.6 is 0 Å². The van der Waals surface area contributed by atoms with E-state index in [0.717, 1.165) is 22.5 Å². The molecular formula is C20H26N2O2. The molecular weight excluding hydrogens is 300 g/mol. The van der Waals surface area contributed by atoms with Crippen LogP contribution in [0.4, 0.5) is 0 Å². The van der Waals surface area contributed by atoms with Gasteiger partial charge in [-0.15, -0.1) is 0 Å². The Morgan fingerprint density at radius 1 is 1.33 bits per heavy atom. The predicted octanol–water partition coefficient (Wildman–Crippen LogP) is 3.49. The lowest BCUT2D eigenvalue weighted by Crippen LogP contribution is -2.48. The van der Waals surface area contributed by atoms with E-state index in [1.807, 2.05) is 6.92 Å². The lowest BCUT2D eigenvalue weighted by molar-refractivity contribution is -0.130. The molecule has 1 aromatic carbocycles. The Balaban J connectivity index is 2.17. The maximum atomic E-state index is 12.4. The summed E-state index contributed by atoms with van der Waals surface area (Å²) in [6.07, 6.45) is 0.400. The molecule has 0 aliphatic heterocycles. The van der Waals surface area contributed by atoms with Crippen molar-refractivity contribution in [3.05, 3.63) is 52.3 Å². The van der Waals surface area contributed by atoms with Crippen molar-refractivity contribution in [2.24, 2.45) is 5.92 Å². The van der Waals surface area contributed by atoms with Crippen molar-refractivity contribution >= 4 is 5.78 Å². The van der Waals surface area contributed by atoms with Crippen LogP contribution in [0.25, 0.3) is 0 Å². The summed E-state index contributed by atoms with van der Waals surface area (Å²) in [6.45, 7) is 9.64. The number of H-pyrrole nitrogens is 1. The van der Waals surface area contributed by atoms with Crippen LogP contribution in [-0.2, 0) is 11.2 Å². The number of nitrogens with one attached hydrogen (secondary N) is 1. The zero-order chi connectivity index (χ0) is 17.6. The smallest absolute Gasteiger partial charge is 0.136 e. The first-order chi connectivity index (χ1) is 11.2. The fourth-order valence-corrected chi connectivity index (χ4v) is 4.13. The van der Waals surface area contributed by atoms with E-state index < -0.39 is 11.5 Å². The van der Waals surface area contributed by atoms with Gasteiger partial charge in [-0.3, -0.25) is 9.89 Å². The number of carbonyl (C=O) groups is 1. The van der Waals surface area contributed by atoms with Gasteiger partial charge in [0, 0.05) is 23.6 Å². The summed E-state index contributed by atoms with van der Waals surface area (Å²) >= 11 is 0. The number of fused-ring (bicyclic) bond motifs is 1. The fraction of sp³-hybridized carbons (Fsp3) is 0.500. The second-order valence-electron chi connectivity index (χ2n) is 7.63. The van der Waals surface area contributed by atoms with Crippen molar-refractivity contribution < 1.29 is 9.90 Å². The maximum absolute atomic E-state index is 12.4. The lowest BCUT2D eigenvalue weighted by atomic mass is 9.64. The number of aromatic amines is 1. The number of benzene rings is 1. The molecule has 4 heteroatoms. The number of aryl methyl sites for hydroxylation is 1. The minimum atomic E-state index is -1.10. The molecule has 2 aromatic rings. The van der Waals surface area contributed by atoms with Gasteiger partial charge >= 0.3 is 0 Å². The standard InChI is InChI=1S/C20H26N2O2/c1-11(2)14-6-8-15(9-7-14)18-17-12(3)21-22-16(17)10-20(5,24)19(18)13(4)23/h6-9,11,18-19,24H,10H2,1-5H3,(H,21,22). The maximum Gasteiger partial charge on any atom is 0.136 e. The van der Waals surface area contributed by atoms with Crippen LogP contribution in [0.2, 0.25) is 0 Å². The molecule has 0 fully saturated rings. The SMILES string of the molecule is CC(=O)C1C(c2ccc(C(C)C)cc2)c2c(n[nH]c2C)CC1(C)O. The normalized spacial score (nSPS) is 26.5. The van der Waals surface area contributed by atoms with Crippen LogP contribution in [0.3, 0.4) is 0 Å². The van der Waals surface area contributed by atoms with Gasteiger partial charge in [0.05, 0.1) is 17.2 Å². The highest BCUT2D eigenvalue weighted by atomic mass is 16.3. The number of nitrogens with zero attached hydrogens (tertiary/aromatic N) is 1. The first-order valence-corrected chi connectivity index (χ1v) is 8.58. The second-order valence-corrected chi connectivity index (χ2v) is 7.63. The van der Waals surface area contributed by atoms with Crippen LogP contribution in [-0.4, -0.2) is 26.7 Å². The van der Waals surface area contributed by atoms with E-state index >= 15 is 0 Å². The van der Waals surface area contributed by atoms with Crippen molar-refractivity contribution in [1.82, 2.24) is 10.2 Å². The Morgan fingerprint density at radius 2 is 1.96 bits per heavy atom. The number of hydrogen-bond donors (Lipinski definition) is 2. The summed E-state index contributed by atoms with van der Waals surface area (Å²) < 4.78 is 0. The lowest BCUT2D eigenvalue weighted by Gasteiger charge is -2.41. The van der Waals surface area contributed by atoms with E-state index in [1.165, 1.54) is 5.56 Å². The molecule has 24 heavy (non-hydrogen) atoms. The topological polar surface area (TPSA) is 66.0 Å². The minimum Gasteiger partial charge on any atom is -0.389 e. The van der Waals surface area contributed by atoms with E-state index in [0.29, 0.717) is 12.3 Å². The van der Waals surface area contributed by atoms with E-state index in [1.54, 1.807) is 13.8 Å². The van der Waals surface area contributed by atoms with Crippen molar-refractivity contribution in [2.75, 3.05) is 0 Å². The van der Waals surface area contributed by atoms with Crippen LogP contribution in [0.1, 0.15) is 67.6 Å². The second kappa shape index (κ2) is 5.85. The van der Waals surface area contributed by atoms with Crippen molar-refractivity contribution in [3.8, 4) is 0 Å². The van der Waals surface area contributed by atoms with Gasteiger partial charge in [-0.05, 0) is 37.8 Å². The number of aliphatic hydroxyl groups is 1. The zero-order valence-corrected chi connectivity index (χ0v) is 15.1. The quantitative estimate of drug-likeness (QED) is 0.907. The number of hydrogen-bond acceptors (Lipinski definition) is 3. The molecule has 1 aliphatic carbocycles. The van der Waals surface area contributed by atoms with Crippen molar-refractivity contribution in [3.63, 3.8) is 0 Å². The molecule has 2 N–H and O–H groups in total. The molecule has 1 heterocycles. The average molecular weight is 326 g/mol. The molecule has 3 rings (SSSR count). The van der Waals surface area contributed by atoms with E-state index in [9.17, 15) is 9.90 Å². The summed E-state index contributed by atoms with van der Waals surface area (Å²) in [5, 5.41) is 18.4. The Bertz CT molecular complexity index is 756. The molecule has 1 aliphatic rings. The van der Waals surface area contributed by atoms with Crippen LogP contribution in [0, 0.1) is 12.8 Å². The van der Waals surface area contributed by atoms with Gasteiger partial charge in [0.1, 0.15) is 5.78 Å². The minimum absolute atomic E-state index is 0.0178. The Hall–Kier alpha value is -1.94. The summed E-state index contributed by atoms with van der Waals surface area (Å²) in [5.74, 6) is -0.153. The Labute approximate surface area is 143 Å². The highest BCUT2D eigenvalue weighted by Crippen LogP contribution is 2.46. The van der Waals surface area contributed by atoms with Crippen molar-refractivity contribution in [1.29, 1.82) is 0 Å². The highest BCUT2D eigenvalue weighted by molar-refractivity contribution is 5.82. The summed E-state index contributed by atoms with van der Waals surface area (Å²) in [4.78, 5) is 12.4. The molecule has 0 saturated carbocycles. The highest BCUT2D eigenvalue weighted by Gasteiger charge is 2.48.